The number of hydrogen-bond acceptors (Lipinski definition) is 4. The normalized spacial score (nSPS) is 13.4. The smallest absolute Gasteiger partial charge is 0.331 e. The molecule has 0 aliphatic rings. The van der Waals surface area contributed by atoms with Crippen LogP contribution in [-0.2, 0) is 16.0 Å². The average Bonchev–Trinajstić information content (AvgIpc) is 2.81. The zero-order valence-electron chi connectivity index (χ0n) is 11.6. The molecule has 1 N–H and O–H groups in total. The lowest BCUT2D eigenvalue weighted by atomic mass is 10.1. The minimum Gasteiger partial charge on any atom is -0.862 e. The molecule has 1 heterocycles. The second kappa shape index (κ2) is 6.23. The monoisotopic (exact) mass is 273 g/mol. The number of aromatic amines is 1. The Morgan fingerprint density at radius 3 is 2.90 bits per heavy atom. The molecule has 1 unspecified atom stereocenters. The molecule has 0 aliphatic heterocycles. The first-order chi connectivity index (χ1) is 9.61. The van der Waals surface area contributed by atoms with Gasteiger partial charge in [0.15, 0.2) is 6.04 Å². The van der Waals surface area contributed by atoms with Crippen LogP contribution in [0.15, 0.2) is 35.5 Å². The predicted octanol–water partition coefficient (Wildman–Crippen LogP) is 1.42. The van der Waals surface area contributed by atoms with E-state index >= 15 is 0 Å². The topological polar surface area (TPSA) is 77.5 Å². The van der Waals surface area contributed by atoms with Crippen molar-refractivity contribution in [3.63, 3.8) is 0 Å². The van der Waals surface area contributed by atoms with Gasteiger partial charge in [-0.2, -0.15) is 0 Å². The summed E-state index contributed by atoms with van der Waals surface area (Å²) in [6.45, 7) is 3.34. The molecule has 106 valence electrons. The van der Waals surface area contributed by atoms with E-state index in [0.717, 1.165) is 16.5 Å². The number of rotatable bonds is 5. The Kier molecular flexibility index (Phi) is 4.40. The number of benzene rings is 1. The van der Waals surface area contributed by atoms with E-state index in [4.69, 9.17) is 4.74 Å². The van der Waals surface area contributed by atoms with Crippen molar-refractivity contribution < 1.29 is 14.6 Å². The number of H-pyrrole nitrogens is 1. The number of carbonyl (C=O) groups excluding carboxylic acids is 1. The van der Waals surface area contributed by atoms with Crippen molar-refractivity contribution in [1.82, 2.24) is 4.98 Å². The summed E-state index contributed by atoms with van der Waals surface area (Å²) in [7, 11) is 0. The number of para-hydroxylation sites is 1. The highest BCUT2D eigenvalue weighted by molar-refractivity contribution is 5.85. The van der Waals surface area contributed by atoms with E-state index < -0.39 is 12.0 Å². The van der Waals surface area contributed by atoms with E-state index in [1.165, 1.54) is 6.92 Å². The standard InChI is InChI=1S/C15H18N2O3/c1-3-20-15(19)14(17-10(2)18)8-11-9-16-13-7-5-4-6-12(11)13/h4-7,9,14,16H,3,8H2,1-2H3,(H,17,18)/p-1. The van der Waals surface area contributed by atoms with Crippen LogP contribution in [0.4, 0.5) is 0 Å². The van der Waals surface area contributed by atoms with Crippen molar-refractivity contribution in [2.75, 3.05) is 6.61 Å². The lowest BCUT2D eigenvalue weighted by Gasteiger charge is -2.14. The van der Waals surface area contributed by atoms with Crippen LogP contribution in [0.25, 0.3) is 10.9 Å². The maximum absolute atomic E-state index is 11.9. The second-order valence-electron chi connectivity index (χ2n) is 4.48. The third kappa shape index (κ3) is 3.17. The molecule has 0 radical (unpaired) electrons. The van der Waals surface area contributed by atoms with Crippen LogP contribution in [0.3, 0.4) is 0 Å². The molecule has 1 aromatic carbocycles. The predicted molar refractivity (Wildman–Crippen MR) is 75.5 cm³/mol. The van der Waals surface area contributed by atoms with Crippen LogP contribution in [0, 0.1) is 0 Å². The first-order valence-corrected chi connectivity index (χ1v) is 6.55. The molecule has 5 nitrogen and oxygen atoms in total. The van der Waals surface area contributed by atoms with Crippen molar-refractivity contribution in [3.8, 4) is 0 Å². The number of fused-ring (bicyclic) bond motifs is 1. The second-order valence-corrected chi connectivity index (χ2v) is 4.48. The maximum Gasteiger partial charge on any atom is 0.331 e. The van der Waals surface area contributed by atoms with Crippen LogP contribution >= 0.6 is 0 Å². The maximum atomic E-state index is 11.9. The molecule has 5 heteroatoms. The summed E-state index contributed by atoms with van der Waals surface area (Å²) in [4.78, 5) is 18.9. The molecule has 0 saturated carbocycles. The largest absolute Gasteiger partial charge is 0.862 e. The van der Waals surface area contributed by atoms with Gasteiger partial charge in [0.1, 0.15) is 0 Å². The molecule has 1 atom stereocenters. The van der Waals surface area contributed by atoms with Crippen LogP contribution < -0.4 is 5.11 Å². The minimum atomic E-state index is -0.786. The van der Waals surface area contributed by atoms with Gasteiger partial charge in [-0.25, -0.2) is 4.79 Å². The number of esters is 1. The summed E-state index contributed by atoms with van der Waals surface area (Å²) in [5.41, 5.74) is 1.94. The Morgan fingerprint density at radius 2 is 2.20 bits per heavy atom. The SMILES string of the molecule is CCOC(=O)C(Cc1c[nH]c2ccccc12)N=C(C)[O-]. The first kappa shape index (κ1) is 14.1. The van der Waals surface area contributed by atoms with Crippen molar-refractivity contribution in [2.45, 2.75) is 26.3 Å². The number of carbonyl (C=O) groups is 1. The Balaban J connectivity index is 2.27. The molecular weight excluding hydrogens is 256 g/mol. The molecule has 0 spiro atoms. The van der Waals surface area contributed by atoms with Gasteiger partial charge >= 0.3 is 5.97 Å². The Hall–Kier alpha value is -2.30. The molecular formula is C15H17N2O3-. The fraction of sp³-hybridized carbons (Fsp3) is 0.333. The number of hydrogen-bond donors (Lipinski definition) is 1. The van der Waals surface area contributed by atoms with Gasteiger partial charge in [0, 0.05) is 23.5 Å². The van der Waals surface area contributed by atoms with Crippen molar-refractivity contribution in [3.05, 3.63) is 36.0 Å². The van der Waals surface area contributed by atoms with E-state index in [-0.39, 0.29) is 12.5 Å². The quantitative estimate of drug-likeness (QED) is 0.508. The number of nitrogens with zero attached hydrogens (tertiary/aromatic N) is 1. The highest BCUT2D eigenvalue weighted by Crippen LogP contribution is 2.20. The van der Waals surface area contributed by atoms with Crippen molar-refractivity contribution in [1.29, 1.82) is 0 Å². The molecule has 0 fully saturated rings. The molecule has 0 saturated heterocycles. The van der Waals surface area contributed by atoms with E-state index in [1.807, 2.05) is 30.5 Å². The van der Waals surface area contributed by atoms with Crippen LogP contribution in [0.1, 0.15) is 19.4 Å². The third-order valence-electron chi connectivity index (χ3n) is 2.98. The van der Waals surface area contributed by atoms with Crippen molar-refractivity contribution in [2.24, 2.45) is 4.99 Å². The summed E-state index contributed by atoms with van der Waals surface area (Å²) in [6, 6.07) is 7.01. The van der Waals surface area contributed by atoms with Crippen LogP contribution in [0.2, 0.25) is 0 Å². The fourth-order valence-electron chi connectivity index (χ4n) is 2.15. The highest BCUT2D eigenvalue weighted by atomic mass is 16.5. The van der Waals surface area contributed by atoms with Gasteiger partial charge in [0.25, 0.3) is 0 Å². The summed E-state index contributed by atoms with van der Waals surface area (Å²) >= 11 is 0. The van der Waals surface area contributed by atoms with Gasteiger partial charge in [-0.15, -0.1) is 0 Å². The minimum absolute atomic E-state index is 0.274. The number of aromatic nitrogens is 1. The van der Waals surface area contributed by atoms with E-state index in [0.29, 0.717) is 6.42 Å². The summed E-state index contributed by atoms with van der Waals surface area (Å²) in [5.74, 6) is -0.837. The van der Waals surface area contributed by atoms with Crippen molar-refractivity contribution >= 4 is 22.8 Å². The van der Waals surface area contributed by atoms with Gasteiger partial charge in [0.05, 0.1) is 6.61 Å². The molecule has 0 amide bonds. The molecule has 20 heavy (non-hydrogen) atoms. The third-order valence-corrected chi connectivity index (χ3v) is 2.98. The molecule has 0 bridgehead atoms. The van der Waals surface area contributed by atoms with E-state index in [9.17, 15) is 9.90 Å². The zero-order valence-corrected chi connectivity index (χ0v) is 11.6. The average molecular weight is 273 g/mol. The van der Waals surface area contributed by atoms with Gasteiger partial charge in [-0.3, -0.25) is 4.99 Å². The Morgan fingerprint density at radius 1 is 1.45 bits per heavy atom. The van der Waals surface area contributed by atoms with E-state index in [1.54, 1.807) is 6.92 Å². The molecule has 0 aliphatic carbocycles. The lowest BCUT2D eigenvalue weighted by Crippen LogP contribution is -2.27. The fourth-order valence-corrected chi connectivity index (χ4v) is 2.15. The Labute approximate surface area is 117 Å². The zero-order chi connectivity index (χ0) is 14.5. The summed E-state index contributed by atoms with van der Waals surface area (Å²) in [5, 5.41) is 12.2. The summed E-state index contributed by atoms with van der Waals surface area (Å²) in [6.07, 6.45) is 2.19. The summed E-state index contributed by atoms with van der Waals surface area (Å²) < 4.78 is 4.97. The molecule has 2 rings (SSSR count). The molecule has 1 aromatic heterocycles. The Bertz CT molecular complexity index is 627. The van der Waals surface area contributed by atoms with Gasteiger partial charge in [0.2, 0.25) is 0 Å². The van der Waals surface area contributed by atoms with Crippen LogP contribution in [-0.4, -0.2) is 29.5 Å². The lowest BCUT2D eigenvalue weighted by molar-refractivity contribution is -0.216. The van der Waals surface area contributed by atoms with Gasteiger partial charge < -0.3 is 14.8 Å². The van der Waals surface area contributed by atoms with Crippen LogP contribution in [0.5, 0.6) is 0 Å². The highest BCUT2D eigenvalue weighted by Gasteiger charge is 2.20. The first-order valence-electron chi connectivity index (χ1n) is 6.55. The number of nitrogens with one attached hydrogen (secondary N) is 1. The molecule has 2 aromatic rings. The van der Waals surface area contributed by atoms with Gasteiger partial charge in [-0.05, 0) is 31.4 Å². The number of ether oxygens (including phenoxy) is 1. The van der Waals surface area contributed by atoms with E-state index in [2.05, 4.69) is 9.98 Å². The van der Waals surface area contributed by atoms with Gasteiger partial charge in [-0.1, -0.05) is 18.2 Å². The number of aliphatic imine (C=N–C) groups is 1.